The lowest BCUT2D eigenvalue weighted by atomic mass is 9.84. The number of rotatable bonds is 6. The number of aromatic nitrogens is 2. The van der Waals surface area contributed by atoms with Crippen LogP contribution in [0.5, 0.6) is 0 Å². The lowest BCUT2D eigenvalue weighted by molar-refractivity contribution is -0.0137. The molecule has 2 atom stereocenters. The minimum atomic E-state index is -0.356. The predicted octanol–water partition coefficient (Wildman–Crippen LogP) is 4.75. The molecular formula is C26H31N3O3. The van der Waals surface area contributed by atoms with Gasteiger partial charge in [0.25, 0.3) is 0 Å². The molecule has 2 heterocycles. The normalized spacial score (nSPS) is 17.8. The number of ether oxygens (including phenoxy) is 1. The van der Waals surface area contributed by atoms with Crippen molar-refractivity contribution in [3.8, 4) is 11.3 Å². The molecule has 1 fully saturated rings. The molecule has 4 rings (SSSR count). The summed E-state index contributed by atoms with van der Waals surface area (Å²) in [6, 6.07) is 20.0. The second kappa shape index (κ2) is 9.17. The van der Waals surface area contributed by atoms with E-state index >= 15 is 0 Å². The van der Waals surface area contributed by atoms with Gasteiger partial charge in [0.05, 0.1) is 24.9 Å². The largest absolute Gasteiger partial charge is 0.449 e. The fraction of sp³-hybridized carbons (Fsp3) is 0.385. The van der Waals surface area contributed by atoms with Crippen molar-refractivity contribution in [1.29, 1.82) is 0 Å². The van der Waals surface area contributed by atoms with Crippen LogP contribution < -0.4 is 0 Å². The van der Waals surface area contributed by atoms with Gasteiger partial charge in [-0.3, -0.25) is 4.90 Å². The maximum Gasteiger partial charge on any atom is 0.410 e. The monoisotopic (exact) mass is 433 g/mol. The van der Waals surface area contributed by atoms with Gasteiger partial charge in [-0.25, -0.2) is 9.78 Å². The van der Waals surface area contributed by atoms with E-state index in [4.69, 9.17) is 9.72 Å². The summed E-state index contributed by atoms with van der Waals surface area (Å²) in [4.78, 5) is 19.6. The Kier molecular flexibility index (Phi) is 6.33. The molecule has 1 saturated heterocycles. The van der Waals surface area contributed by atoms with E-state index in [0.29, 0.717) is 13.1 Å². The van der Waals surface area contributed by atoms with Gasteiger partial charge in [0.2, 0.25) is 0 Å². The molecule has 0 spiro atoms. The van der Waals surface area contributed by atoms with E-state index < -0.39 is 0 Å². The number of carbonyl (C=O) groups excluding carboxylic acids is 1. The first-order valence-corrected chi connectivity index (χ1v) is 11.1. The second-order valence-electron chi connectivity index (χ2n) is 9.51. The highest BCUT2D eigenvalue weighted by Crippen LogP contribution is 2.40. The number of cyclic esters (lactones) is 1. The van der Waals surface area contributed by atoms with E-state index in [-0.39, 0.29) is 36.7 Å². The molecule has 2 unspecified atom stereocenters. The van der Waals surface area contributed by atoms with Gasteiger partial charge >= 0.3 is 6.09 Å². The van der Waals surface area contributed by atoms with Crippen LogP contribution in [0.1, 0.15) is 38.2 Å². The second-order valence-corrected chi connectivity index (χ2v) is 9.51. The number of carbonyl (C=O) groups is 1. The van der Waals surface area contributed by atoms with Crippen LogP contribution in [-0.4, -0.2) is 45.4 Å². The van der Waals surface area contributed by atoms with Crippen molar-refractivity contribution in [2.45, 2.75) is 33.4 Å². The summed E-state index contributed by atoms with van der Waals surface area (Å²) in [5.41, 5.74) is 2.76. The molecule has 6 nitrogen and oxygen atoms in total. The zero-order chi connectivity index (χ0) is 22.7. The van der Waals surface area contributed by atoms with Crippen molar-refractivity contribution >= 4 is 6.09 Å². The summed E-state index contributed by atoms with van der Waals surface area (Å²) in [6.07, 6.45) is 1.71. The number of aliphatic hydroxyl groups excluding tert-OH is 1. The molecule has 6 heteroatoms. The SMILES string of the molecule is CC(C)(C)C(c1nc(-c2ccccc2)cn1Cc1ccccc1)N1CC(CO)COC1=O. The number of nitrogens with zero attached hydrogens (tertiary/aromatic N) is 3. The number of aliphatic hydroxyl groups is 1. The Morgan fingerprint density at radius 2 is 1.75 bits per heavy atom. The average Bonchev–Trinajstić information content (AvgIpc) is 3.18. The molecule has 1 amide bonds. The minimum Gasteiger partial charge on any atom is -0.449 e. The molecule has 1 aliphatic rings. The molecule has 2 aromatic carbocycles. The molecule has 0 bridgehead atoms. The van der Waals surface area contributed by atoms with Crippen molar-refractivity contribution < 1.29 is 14.6 Å². The van der Waals surface area contributed by atoms with E-state index in [9.17, 15) is 9.90 Å². The van der Waals surface area contributed by atoms with Crippen LogP contribution in [0.15, 0.2) is 66.9 Å². The van der Waals surface area contributed by atoms with Gasteiger partial charge in [-0.2, -0.15) is 0 Å². The van der Waals surface area contributed by atoms with Crippen LogP contribution in [0.3, 0.4) is 0 Å². The Bertz CT molecular complexity index is 1040. The first-order valence-electron chi connectivity index (χ1n) is 11.1. The number of imidazole rings is 1. The van der Waals surface area contributed by atoms with Crippen LogP contribution in [0.2, 0.25) is 0 Å². The number of hydrogen-bond acceptors (Lipinski definition) is 4. The molecule has 1 aromatic heterocycles. The van der Waals surface area contributed by atoms with E-state index in [1.807, 2.05) is 48.5 Å². The third-order valence-corrected chi connectivity index (χ3v) is 5.84. The third kappa shape index (κ3) is 4.70. The van der Waals surface area contributed by atoms with Crippen molar-refractivity contribution in [3.05, 3.63) is 78.2 Å². The van der Waals surface area contributed by atoms with Gasteiger partial charge in [0, 0.05) is 30.8 Å². The number of benzene rings is 2. The number of hydrogen-bond donors (Lipinski definition) is 1. The maximum absolute atomic E-state index is 12.8. The fourth-order valence-electron chi connectivity index (χ4n) is 4.30. The molecule has 0 saturated carbocycles. The Balaban J connectivity index is 1.81. The lowest BCUT2D eigenvalue weighted by Gasteiger charge is -2.42. The highest BCUT2D eigenvalue weighted by atomic mass is 16.6. The third-order valence-electron chi connectivity index (χ3n) is 5.84. The lowest BCUT2D eigenvalue weighted by Crippen LogP contribution is -2.50. The van der Waals surface area contributed by atoms with Gasteiger partial charge in [0.15, 0.2) is 0 Å². The smallest absolute Gasteiger partial charge is 0.410 e. The molecule has 3 aromatic rings. The highest BCUT2D eigenvalue weighted by Gasteiger charge is 2.42. The molecular weight excluding hydrogens is 402 g/mol. The standard InChI is InChI=1S/C26H31N3O3/c1-26(2,3)23(29-15-20(17-30)18-32-25(29)31)24-27-22(21-12-8-5-9-13-21)16-28(24)14-19-10-6-4-7-11-19/h4-13,16,20,23,30H,14-15,17-18H2,1-3H3. The summed E-state index contributed by atoms with van der Waals surface area (Å²) < 4.78 is 7.57. The van der Waals surface area contributed by atoms with E-state index in [0.717, 1.165) is 22.6 Å². The van der Waals surface area contributed by atoms with Gasteiger partial charge in [-0.05, 0) is 11.0 Å². The van der Waals surface area contributed by atoms with E-state index in [2.05, 4.69) is 43.7 Å². The minimum absolute atomic E-state index is 0.0195. The molecule has 0 radical (unpaired) electrons. The molecule has 32 heavy (non-hydrogen) atoms. The van der Waals surface area contributed by atoms with Crippen LogP contribution in [0, 0.1) is 11.3 Å². The summed E-state index contributed by atoms with van der Waals surface area (Å²) in [5.74, 6) is 0.708. The van der Waals surface area contributed by atoms with Crippen molar-refractivity contribution in [1.82, 2.24) is 14.5 Å². The van der Waals surface area contributed by atoms with E-state index in [1.165, 1.54) is 0 Å². The first kappa shape index (κ1) is 22.1. The quantitative estimate of drug-likeness (QED) is 0.609. The van der Waals surface area contributed by atoms with Gasteiger partial charge < -0.3 is 14.4 Å². The van der Waals surface area contributed by atoms with Crippen LogP contribution in [0.25, 0.3) is 11.3 Å². The van der Waals surface area contributed by atoms with Crippen molar-refractivity contribution in [3.63, 3.8) is 0 Å². The average molecular weight is 434 g/mol. The van der Waals surface area contributed by atoms with Crippen LogP contribution in [-0.2, 0) is 11.3 Å². The van der Waals surface area contributed by atoms with Gasteiger partial charge in [0.1, 0.15) is 5.82 Å². The van der Waals surface area contributed by atoms with Gasteiger partial charge in [-0.1, -0.05) is 81.4 Å². The topological polar surface area (TPSA) is 67.6 Å². The Morgan fingerprint density at radius 1 is 1.09 bits per heavy atom. The summed E-state index contributed by atoms with van der Waals surface area (Å²) in [7, 11) is 0. The Morgan fingerprint density at radius 3 is 2.38 bits per heavy atom. The van der Waals surface area contributed by atoms with Crippen LogP contribution >= 0.6 is 0 Å². The Labute approximate surface area is 189 Å². The first-order chi connectivity index (χ1) is 15.4. The predicted molar refractivity (Wildman–Crippen MR) is 124 cm³/mol. The summed E-state index contributed by atoms with van der Waals surface area (Å²) >= 11 is 0. The maximum atomic E-state index is 12.8. The molecule has 0 aliphatic carbocycles. The number of amides is 1. The zero-order valence-corrected chi connectivity index (χ0v) is 18.9. The molecule has 168 valence electrons. The van der Waals surface area contributed by atoms with Gasteiger partial charge in [-0.15, -0.1) is 0 Å². The van der Waals surface area contributed by atoms with Crippen LogP contribution in [0.4, 0.5) is 4.79 Å². The fourth-order valence-corrected chi connectivity index (χ4v) is 4.30. The Hall–Kier alpha value is -3.12. The molecule has 1 aliphatic heterocycles. The van der Waals surface area contributed by atoms with E-state index in [1.54, 1.807) is 4.90 Å². The zero-order valence-electron chi connectivity index (χ0n) is 18.9. The highest BCUT2D eigenvalue weighted by molar-refractivity contribution is 5.69. The molecule has 1 N–H and O–H groups in total. The van der Waals surface area contributed by atoms with Crippen molar-refractivity contribution in [2.75, 3.05) is 19.8 Å². The van der Waals surface area contributed by atoms with Crippen molar-refractivity contribution in [2.24, 2.45) is 11.3 Å². The summed E-state index contributed by atoms with van der Waals surface area (Å²) in [6.45, 7) is 7.64. The summed E-state index contributed by atoms with van der Waals surface area (Å²) in [5, 5.41) is 9.71.